The van der Waals surface area contributed by atoms with Crippen molar-refractivity contribution in [1.82, 2.24) is 9.78 Å². The predicted octanol–water partition coefficient (Wildman–Crippen LogP) is 2.92. The summed E-state index contributed by atoms with van der Waals surface area (Å²) >= 11 is 0. The largest absolute Gasteiger partial charge is 0.330 e. The molecule has 3 unspecified atom stereocenters. The van der Waals surface area contributed by atoms with Crippen LogP contribution >= 0.6 is 0 Å². The number of hydrogen-bond acceptors (Lipinski definition) is 2. The molecular weight excluding hydrogens is 222 g/mol. The Kier molecular flexibility index (Phi) is 3.81. The lowest BCUT2D eigenvalue weighted by atomic mass is 9.65. The summed E-state index contributed by atoms with van der Waals surface area (Å²) in [6.07, 6.45) is 5.74. The highest BCUT2D eigenvalue weighted by atomic mass is 15.3. The molecule has 1 heterocycles. The molecule has 0 aliphatic heterocycles. The maximum absolute atomic E-state index is 5.97. The van der Waals surface area contributed by atoms with Crippen LogP contribution < -0.4 is 5.73 Å². The number of aromatic nitrogens is 2. The van der Waals surface area contributed by atoms with Gasteiger partial charge in [-0.15, -0.1) is 0 Å². The molecule has 1 aromatic rings. The fourth-order valence-corrected chi connectivity index (χ4v) is 3.41. The van der Waals surface area contributed by atoms with E-state index in [0.717, 1.165) is 12.5 Å². The number of rotatable bonds is 2. The van der Waals surface area contributed by atoms with E-state index in [4.69, 9.17) is 5.73 Å². The maximum atomic E-state index is 5.97. The first kappa shape index (κ1) is 13.6. The third kappa shape index (κ3) is 2.61. The second-order valence-corrected chi connectivity index (χ2v) is 6.86. The van der Waals surface area contributed by atoms with E-state index in [1.165, 1.54) is 25.0 Å². The molecule has 0 spiro atoms. The fourth-order valence-electron chi connectivity index (χ4n) is 3.41. The van der Waals surface area contributed by atoms with E-state index in [9.17, 15) is 0 Å². The van der Waals surface area contributed by atoms with E-state index in [1.807, 2.05) is 17.9 Å². The third-order valence-electron chi connectivity index (χ3n) is 4.76. The smallest absolute Gasteiger partial charge is 0.0492 e. The average Bonchev–Trinajstić information content (AvgIpc) is 2.73. The van der Waals surface area contributed by atoms with Crippen LogP contribution in [0.4, 0.5) is 0 Å². The van der Waals surface area contributed by atoms with Gasteiger partial charge in [0.1, 0.15) is 0 Å². The molecule has 0 aromatic carbocycles. The molecule has 102 valence electrons. The topological polar surface area (TPSA) is 43.8 Å². The van der Waals surface area contributed by atoms with Crippen molar-refractivity contribution in [3.8, 4) is 0 Å². The highest BCUT2D eigenvalue weighted by Gasteiger charge is 2.36. The summed E-state index contributed by atoms with van der Waals surface area (Å²) in [5.74, 6) is 2.00. The number of aryl methyl sites for hydroxylation is 1. The third-order valence-corrected chi connectivity index (χ3v) is 4.76. The summed E-state index contributed by atoms with van der Waals surface area (Å²) in [7, 11) is 2.05. The van der Waals surface area contributed by atoms with E-state index < -0.39 is 0 Å². The van der Waals surface area contributed by atoms with Crippen LogP contribution in [0.15, 0.2) is 12.3 Å². The summed E-state index contributed by atoms with van der Waals surface area (Å²) in [4.78, 5) is 0. The maximum Gasteiger partial charge on any atom is 0.0492 e. The molecular formula is C15H27N3. The quantitative estimate of drug-likeness (QED) is 0.876. The van der Waals surface area contributed by atoms with Crippen molar-refractivity contribution < 1.29 is 0 Å². The van der Waals surface area contributed by atoms with Crippen molar-refractivity contribution in [3.63, 3.8) is 0 Å². The molecule has 1 aliphatic carbocycles. The molecule has 1 aromatic heterocycles. The van der Waals surface area contributed by atoms with Crippen molar-refractivity contribution in [2.24, 2.45) is 30.0 Å². The van der Waals surface area contributed by atoms with Crippen molar-refractivity contribution in [1.29, 1.82) is 0 Å². The fraction of sp³-hybridized carbons (Fsp3) is 0.800. The van der Waals surface area contributed by atoms with Crippen LogP contribution in [0.25, 0.3) is 0 Å². The minimum absolute atomic E-state index is 0.399. The van der Waals surface area contributed by atoms with Gasteiger partial charge in [0, 0.05) is 24.9 Å². The van der Waals surface area contributed by atoms with Crippen LogP contribution in [0.1, 0.15) is 51.6 Å². The Bertz CT molecular complexity index is 389. The second-order valence-electron chi connectivity index (χ2n) is 6.86. The van der Waals surface area contributed by atoms with Crippen LogP contribution in [0.2, 0.25) is 0 Å². The molecule has 2 N–H and O–H groups in total. The molecule has 0 radical (unpaired) electrons. The first-order valence-corrected chi connectivity index (χ1v) is 7.11. The van der Waals surface area contributed by atoms with E-state index in [-0.39, 0.29) is 0 Å². The normalized spacial score (nSPS) is 29.5. The summed E-state index contributed by atoms with van der Waals surface area (Å²) in [5.41, 5.74) is 7.73. The van der Waals surface area contributed by atoms with Gasteiger partial charge in [-0.3, -0.25) is 4.68 Å². The molecule has 3 heteroatoms. The number of nitrogens with zero attached hydrogens (tertiary/aromatic N) is 2. The van der Waals surface area contributed by atoms with E-state index >= 15 is 0 Å². The van der Waals surface area contributed by atoms with Gasteiger partial charge in [-0.1, -0.05) is 20.8 Å². The van der Waals surface area contributed by atoms with Gasteiger partial charge < -0.3 is 5.73 Å². The van der Waals surface area contributed by atoms with Gasteiger partial charge in [-0.25, -0.2) is 0 Å². The molecule has 3 nitrogen and oxygen atoms in total. The van der Waals surface area contributed by atoms with Crippen molar-refractivity contribution >= 4 is 0 Å². The zero-order chi connectivity index (χ0) is 13.3. The second kappa shape index (κ2) is 5.04. The molecule has 18 heavy (non-hydrogen) atoms. The minimum Gasteiger partial charge on any atom is -0.330 e. The summed E-state index contributed by atoms with van der Waals surface area (Å²) in [5, 5.41) is 4.32. The minimum atomic E-state index is 0.399. The molecule has 0 amide bonds. The van der Waals surface area contributed by atoms with Crippen molar-refractivity contribution in [2.45, 2.75) is 46.0 Å². The van der Waals surface area contributed by atoms with Gasteiger partial charge in [0.25, 0.3) is 0 Å². The Morgan fingerprint density at radius 3 is 2.61 bits per heavy atom. The van der Waals surface area contributed by atoms with Gasteiger partial charge in [-0.05, 0) is 49.1 Å². The van der Waals surface area contributed by atoms with Crippen LogP contribution in [0.3, 0.4) is 0 Å². The molecule has 2 rings (SSSR count). The van der Waals surface area contributed by atoms with Crippen LogP contribution in [0.5, 0.6) is 0 Å². The molecule has 1 saturated carbocycles. The Balaban J connectivity index is 2.21. The van der Waals surface area contributed by atoms with Crippen LogP contribution in [0, 0.1) is 17.3 Å². The summed E-state index contributed by atoms with van der Waals surface area (Å²) in [6.45, 7) is 7.88. The molecule has 3 atom stereocenters. The molecule has 0 bridgehead atoms. The lowest BCUT2D eigenvalue weighted by Gasteiger charge is -2.41. The average molecular weight is 249 g/mol. The summed E-state index contributed by atoms with van der Waals surface area (Å²) < 4.78 is 2.03. The molecule has 1 aliphatic rings. The Morgan fingerprint density at radius 2 is 2.11 bits per heavy atom. The summed E-state index contributed by atoms with van der Waals surface area (Å²) in [6, 6.07) is 2.17. The van der Waals surface area contributed by atoms with Crippen molar-refractivity contribution in [2.75, 3.05) is 6.54 Å². The predicted molar refractivity (Wildman–Crippen MR) is 75.3 cm³/mol. The van der Waals surface area contributed by atoms with Gasteiger partial charge in [0.05, 0.1) is 0 Å². The van der Waals surface area contributed by atoms with Gasteiger partial charge in [-0.2, -0.15) is 5.10 Å². The Morgan fingerprint density at radius 1 is 1.39 bits per heavy atom. The van der Waals surface area contributed by atoms with Crippen LogP contribution in [-0.2, 0) is 7.05 Å². The lowest BCUT2D eigenvalue weighted by Crippen LogP contribution is -2.34. The number of hydrogen-bond donors (Lipinski definition) is 1. The monoisotopic (exact) mass is 249 g/mol. The number of nitrogens with two attached hydrogens (primary N) is 1. The van der Waals surface area contributed by atoms with E-state index in [0.29, 0.717) is 17.3 Å². The zero-order valence-electron chi connectivity index (χ0n) is 12.2. The Labute approximate surface area is 111 Å². The van der Waals surface area contributed by atoms with E-state index in [2.05, 4.69) is 31.9 Å². The van der Waals surface area contributed by atoms with E-state index in [1.54, 1.807) is 0 Å². The van der Waals surface area contributed by atoms with Gasteiger partial charge >= 0.3 is 0 Å². The highest BCUT2D eigenvalue weighted by Crippen LogP contribution is 2.46. The zero-order valence-corrected chi connectivity index (χ0v) is 12.2. The lowest BCUT2D eigenvalue weighted by molar-refractivity contribution is 0.130. The highest BCUT2D eigenvalue weighted by molar-refractivity contribution is 5.11. The van der Waals surface area contributed by atoms with Gasteiger partial charge in [0.2, 0.25) is 0 Å². The van der Waals surface area contributed by atoms with Crippen LogP contribution in [-0.4, -0.2) is 16.3 Å². The first-order valence-electron chi connectivity index (χ1n) is 7.11. The Hall–Kier alpha value is -0.830. The molecule has 1 fully saturated rings. The first-order chi connectivity index (χ1) is 8.43. The van der Waals surface area contributed by atoms with Crippen molar-refractivity contribution in [3.05, 3.63) is 18.0 Å². The molecule has 0 saturated heterocycles. The van der Waals surface area contributed by atoms with Gasteiger partial charge in [0.15, 0.2) is 0 Å². The standard InChI is InChI=1S/C15H27N3/c1-15(2,3)12-6-5-11(10-16)13(9-12)14-7-8-17-18(14)4/h7-8,11-13H,5-6,9-10,16H2,1-4H3. The SMILES string of the molecule is Cn1nccc1C1CC(C(C)(C)C)CCC1CN.